The molecule has 0 fully saturated rings. The Morgan fingerprint density at radius 2 is 1.79 bits per heavy atom. The van der Waals surface area contributed by atoms with Crippen LogP contribution in [0.2, 0.25) is 0 Å². The second-order valence-electron chi connectivity index (χ2n) is 6.71. The summed E-state index contributed by atoms with van der Waals surface area (Å²) < 4.78 is 4.78. The van der Waals surface area contributed by atoms with Gasteiger partial charge in [-0.2, -0.15) is 0 Å². The molecule has 0 spiro atoms. The van der Waals surface area contributed by atoms with Crippen molar-refractivity contribution < 1.29 is 19.1 Å². The molecule has 150 valence electrons. The standard InChI is InChI=1S/C19H24N4O4S/c1-5-27-15(25)11-10-14(24)21-19(3,4)17(26)20-18-23-22-16(28-18)13-8-6-12(2)7-9-13/h6-9H,5,10-11H2,1-4H3,(H,21,24)(H,20,23,26). The lowest BCUT2D eigenvalue weighted by Crippen LogP contribution is -2.52. The van der Waals surface area contributed by atoms with E-state index in [2.05, 4.69) is 20.8 Å². The average molecular weight is 404 g/mol. The molecule has 0 aliphatic carbocycles. The Kier molecular flexibility index (Phi) is 7.22. The molecule has 0 radical (unpaired) electrons. The number of rotatable bonds is 8. The van der Waals surface area contributed by atoms with E-state index in [1.165, 1.54) is 11.3 Å². The maximum Gasteiger partial charge on any atom is 0.306 e. The number of esters is 1. The van der Waals surface area contributed by atoms with E-state index in [4.69, 9.17) is 4.74 Å². The first-order valence-corrected chi connectivity index (χ1v) is 9.71. The van der Waals surface area contributed by atoms with Gasteiger partial charge in [0.15, 0.2) is 0 Å². The van der Waals surface area contributed by atoms with E-state index in [0.29, 0.717) is 10.1 Å². The number of aromatic nitrogens is 2. The number of carbonyl (C=O) groups is 3. The number of hydrogen-bond acceptors (Lipinski definition) is 7. The predicted molar refractivity (Wildman–Crippen MR) is 107 cm³/mol. The highest BCUT2D eigenvalue weighted by atomic mass is 32.1. The summed E-state index contributed by atoms with van der Waals surface area (Å²) in [5.41, 5.74) is 0.874. The highest BCUT2D eigenvalue weighted by Crippen LogP contribution is 2.26. The van der Waals surface area contributed by atoms with Gasteiger partial charge in [-0.3, -0.25) is 19.7 Å². The number of amides is 2. The summed E-state index contributed by atoms with van der Waals surface area (Å²) in [4.78, 5) is 35.9. The summed E-state index contributed by atoms with van der Waals surface area (Å²) in [6, 6.07) is 7.83. The van der Waals surface area contributed by atoms with Crippen molar-refractivity contribution in [1.29, 1.82) is 0 Å². The van der Waals surface area contributed by atoms with E-state index >= 15 is 0 Å². The number of nitrogens with zero attached hydrogens (tertiary/aromatic N) is 2. The van der Waals surface area contributed by atoms with Crippen molar-refractivity contribution in [2.75, 3.05) is 11.9 Å². The van der Waals surface area contributed by atoms with Gasteiger partial charge in [-0.05, 0) is 27.7 Å². The van der Waals surface area contributed by atoms with E-state index in [1.54, 1.807) is 20.8 Å². The van der Waals surface area contributed by atoms with Crippen molar-refractivity contribution in [2.24, 2.45) is 0 Å². The minimum absolute atomic E-state index is 0.0340. The molecule has 1 heterocycles. The van der Waals surface area contributed by atoms with E-state index in [0.717, 1.165) is 11.1 Å². The second kappa shape index (κ2) is 9.41. The van der Waals surface area contributed by atoms with Gasteiger partial charge in [-0.1, -0.05) is 41.2 Å². The highest BCUT2D eigenvalue weighted by Gasteiger charge is 2.30. The third-order valence-corrected chi connectivity index (χ3v) is 4.71. The number of nitrogens with one attached hydrogen (secondary N) is 2. The fraction of sp³-hybridized carbons (Fsp3) is 0.421. The van der Waals surface area contributed by atoms with Gasteiger partial charge in [0.05, 0.1) is 13.0 Å². The Balaban J connectivity index is 1.93. The molecule has 0 saturated heterocycles. The molecule has 0 unspecified atom stereocenters. The molecule has 1 aromatic carbocycles. The van der Waals surface area contributed by atoms with Crippen LogP contribution in [0.5, 0.6) is 0 Å². The zero-order valence-electron chi connectivity index (χ0n) is 16.4. The quantitative estimate of drug-likeness (QED) is 0.655. The van der Waals surface area contributed by atoms with Crippen molar-refractivity contribution >= 4 is 34.3 Å². The largest absolute Gasteiger partial charge is 0.466 e. The number of hydrogen-bond donors (Lipinski definition) is 2. The van der Waals surface area contributed by atoms with Gasteiger partial charge in [0.25, 0.3) is 5.91 Å². The van der Waals surface area contributed by atoms with Crippen molar-refractivity contribution in [3.63, 3.8) is 0 Å². The zero-order valence-corrected chi connectivity index (χ0v) is 17.2. The lowest BCUT2D eigenvalue weighted by molar-refractivity contribution is -0.144. The maximum absolute atomic E-state index is 12.5. The zero-order chi connectivity index (χ0) is 20.7. The number of aryl methyl sites for hydroxylation is 1. The van der Waals surface area contributed by atoms with Gasteiger partial charge in [0.2, 0.25) is 11.0 Å². The van der Waals surface area contributed by atoms with Crippen LogP contribution in [0.3, 0.4) is 0 Å². The Labute approximate surface area is 167 Å². The summed E-state index contributed by atoms with van der Waals surface area (Å²) in [6.45, 7) is 7.11. The van der Waals surface area contributed by atoms with Crippen LogP contribution in [-0.4, -0.2) is 40.1 Å². The van der Waals surface area contributed by atoms with Crippen LogP contribution in [0.15, 0.2) is 24.3 Å². The van der Waals surface area contributed by atoms with Crippen molar-refractivity contribution in [1.82, 2.24) is 15.5 Å². The molecule has 2 aromatic rings. The molecule has 1 aromatic heterocycles. The topological polar surface area (TPSA) is 110 Å². The van der Waals surface area contributed by atoms with Crippen LogP contribution in [0.25, 0.3) is 10.6 Å². The Hall–Kier alpha value is -2.81. The molecule has 0 bridgehead atoms. The summed E-state index contributed by atoms with van der Waals surface area (Å²) in [5, 5.41) is 14.4. The monoisotopic (exact) mass is 404 g/mol. The molecular weight excluding hydrogens is 380 g/mol. The van der Waals surface area contributed by atoms with Crippen molar-refractivity contribution in [2.45, 2.75) is 46.1 Å². The first-order valence-electron chi connectivity index (χ1n) is 8.90. The van der Waals surface area contributed by atoms with E-state index in [9.17, 15) is 14.4 Å². The first-order chi connectivity index (χ1) is 13.2. The molecule has 28 heavy (non-hydrogen) atoms. The van der Waals surface area contributed by atoms with Crippen LogP contribution in [0.1, 0.15) is 39.2 Å². The van der Waals surface area contributed by atoms with Crippen molar-refractivity contribution in [3.8, 4) is 10.6 Å². The fourth-order valence-electron chi connectivity index (χ4n) is 2.26. The van der Waals surface area contributed by atoms with E-state index in [1.807, 2.05) is 31.2 Å². The van der Waals surface area contributed by atoms with Gasteiger partial charge in [0, 0.05) is 12.0 Å². The second-order valence-corrected chi connectivity index (χ2v) is 7.69. The number of benzene rings is 1. The van der Waals surface area contributed by atoms with Crippen LogP contribution >= 0.6 is 11.3 Å². The highest BCUT2D eigenvalue weighted by molar-refractivity contribution is 7.18. The van der Waals surface area contributed by atoms with E-state index in [-0.39, 0.29) is 19.4 Å². The van der Waals surface area contributed by atoms with E-state index < -0.39 is 23.3 Å². The minimum atomic E-state index is -1.18. The number of carbonyl (C=O) groups excluding carboxylic acids is 3. The first kappa shape index (κ1) is 21.5. The molecule has 2 amide bonds. The lowest BCUT2D eigenvalue weighted by atomic mass is 10.0. The molecule has 2 rings (SSSR count). The Bertz CT molecular complexity index is 846. The third kappa shape index (κ3) is 6.12. The van der Waals surface area contributed by atoms with Gasteiger partial charge in [-0.25, -0.2) is 0 Å². The van der Waals surface area contributed by atoms with Crippen LogP contribution < -0.4 is 10.6 Å². The smallest absolute Gasteiger partial charge is 0.306 e. The van der Waals surface area contributed by atoms with Gasteiger partial charge in [-0.15, -0.1) is 10.2 Å². The normalized spacial score (nSPS) is 11.0. The van der Waals surface area contributed by atoms with Crippen molar-refractivity contribution in [3.05, 3.63) is 29.8 Å². The lowest BCUT2D eigenvalue weighted by Gasteiger charge is -2.24. The predicted octanol–water partition coefficient (Wildman–Crippen LogP) is 2.69. The summed E-state index contributed by atoms with van der Waals surface area (Å²) >= 11 is 1.25. The SMILES string of the molecule is CCOC(=O)CCC(=O)NC(C)(C)C(=O)Nc1nnc(-c2ccc(C)cc2)s1. The van der Waals surface area contributed by atoms with Crippen LogP contribution in [-0.2, 0) is 19.1 Å². The van der Waals surface area contributed by atoms with Gasteiger partial charge in [0.1, 0.15) is 10.5 Å². The van der Waals surface area contributed by atoms with Gasteiger partial charge >= 0.3 is 5.97 Å². The fourth-order valence-corrected chi connectivity index (χ4v) is 3.00. The summed E-state index contributed by atoms with van der Waals surface area (Å²) in [6.07, 6.45) is -0.0837. The molecule has 0 aliphatic heterocycles. The summed E-state index contributed by atoms with van der Waals surface area (Å²) in [7, 11) is 0. The Morgan fingerprint density at radius 3 is 2.43 bits per heavy atom. The maximum atomic E-state index is 12.5. The number of ether oxygens (including phenoxy) is 1. The molecule has 0 aliphatic rings. The molecule has 2 N–H and O–H groups in total. The summed E-state index contributed by atoms with van der Waals surface area (Å²) in [5.74, 6) is -1.29. The minimum Gasteiger partial charge on any atom is -0.466 e. The molecule has 8 nitrogen and oxygen atoms in total. The third-order valence-electron chi connectivity index (χ3n) is 3.83. The molecule has 0 saturated carbocycles. The van der Waals surface area contributed by atoms with Gasteiger partial charge < -0.3 is 10.1 Å². The van der Waals surface area contributed by atoms with Crippen LogP contribution in [0.4, 0.5) is 5.13 Å². The average Bonchev–Trinajstić information content (AvgIpc) is 3.09. The molecular formula is C19H24N4O4S. The Morgan fingerprint density at radius 1 is 1.11 bits per heavy atom. The molecule has 0 atom stereocenters. The number of anilines is 1. The van der Waals surface area contributed by atoms with Crippen LogP contribution in [0, 0.1) is 6.92 Å². The molecule has 9 heteroatoms.